The van der Waals surface area contributed by atoms with Gasteiger partial charge in [0.05, 0.1) is 6.61 Å². The quantitative estimate of drug-likeness (QED) is 0.752. The monoisotopic (exact) mass is 250 g/mol. The van der Waals surface area contributed by atoms with Crippen LogP contribution in [0.3, 0.4) is 0 Å². The molecule has 0 atom stereocenters. The number of hydrogen-bond donors (Lipinski definition) is 0. The molecule has 0 aliphatic carbocycles. The Morgan fingerprint density at radius 2 is 2.06 bits per heavy atom. The second-order valence-electron chi connectivity index (χ2n) is 4.36. The van der Waals surface area contributed by atoms with E-state index in [0.717, 1.165) is 51.4 Å². The van der Waals surface area contributed by atoms with Crippen molar-refractivity contribution in [2.24, 2.45) is 4.99 Å². The molecule has 0 aromatic rings. The van der Waals surface area contributed by atoms with E-state index >= 15 is 0 Å². The zero-order valence-corrected chi connectivity index (χ0v) is 12.0. The average molecular weight is 250 g/mol. The summed E-state index contributed by atoms with van der Waals surface area (Å²) in [5.41, 5.74) is 2.44. The summed E-state index contributed by atoms with van der Waals surface area (Å²) < 4.78 is 5.45. The van der Waals surface area contributed by atoms with Gasteiger partial charge in [-0.15, -0.1) is 0 Å². The molecule has 2 rings (SSSR count). The van der Waals surface area contributed by atoms with E-state index in [1.54, 1.807) is 0 Å². The molecule has 2 heterocycles. The molecule has 0 unspecified atom stereocenters. The summed E-state index contributed by atoms with van der Waals surface area (Å²) in [5.74, 6) is 0. The number of hydrogen-bond acceptors (Lipinski definition) is 3. The van der Waals surface area contributed by atoms with Crippen molar-refractivity contribution in [1.82, 2.24) is 4.90 Å². The summed E-state index contributed by atoms with van der Waals surface area (Å²) in [6, 6.07) is 0. The second-order valence-corrected chi connectivity index (χ2v) is 4.36. The van der Waals surface area contributed by atoms with Crippen LogP contribution in [0.15, 0.2) is 28.4 Å². The van der Waals surface area contributed by atoms with Crippen LogP contribution in [0.5, 0.6) is 0 Å². The largest absolute Gasteiger partial charge is 0.380 e. The van der Waals surface area contributed by atoms with Crippen molar-refractivity contribution >= 4 is 6.21 Å². The van der Waals surface area contributed by atoms with Crippen molar-refractivity contribution in [2.75, 3.05) is 32.8 Å². The molecule has 0 aromatic heterocycles. The maximum absolute atomic E-state index is 5.45. The van der Waals surface area contributed by atoms with Crippen LogP contribution >= 0.6 is 0 Å². The van der Waals surface area contributed by atoms with Gasteiger partial charge in [-0.05, 0) is 25.3 Å². The molecule has 0 aromatic carbocycles. The Hall–Kier alpha value is -0.930. The van der Waals surface area contributed by atoms with Crippen molar-refractivity contribution in [3.8, 4) is 0 Å². The second kappa shape index (κ2) is 9.06. The Kier molecular flexibility index (Phi) is 7.62. The third kappa shape index (κ3) is 5.61. The lowest BCUT2D eigenvalue weighted by Crippen LogP contribution is -2.28. The molecule has 0 radical (unpaired) electrons. The molecule has 102 valence electrons. The fourth-order valence-corrected chi connectivity index (χ4v) is 1.99. The number of rotatable bonds is 2. The first kappa shape index (κ1) is 15.1. The predicted octanol–water partition coefficient (Wildman–Crippen LogP) is 3.04. The van der Waals surface area contributed by atoms with E-state index < -0.39 is 0 Å². The average Bonchev–Trinajstić information content (AvgIpc) is 2.76. The molecule has 1 saturated heterocycles. The highest BCUT2D eigenvalue weighted by Gasteiger charge is 2.10. The SMILES string of the molecule is CC.CC1=CCC=C(CN2CCCOCC2)C=N1. The summed E-state index contributed by atoms with van der Waals surface area (Å²) in [4.78, 5) is 6.85. The maximum atomic E-state index is 5.45. The number of ether oxygens (including phenoxy) is 1. The highest BCUT2D eigenvalue weighted by atomic mass is 16.5. The molecule has 0 spiro atoms. The maximum Gasteiger partial charge on any atom is 0.0593 e. The predicted molar refractivity (Wildman–Crippen MR) is 78.2 cm³/mol. The van der Waals surface area contributed by atoms with Crippen LogP contribution in [0.1, 0.15) is 33.6 Å². The van der Waals surface area contributed by atoms with Gasteiger partial charge in [-0.2, -0.15) is 0 Å². The normalized spacial score (nSPS) is 21.1. The lowest BCUT2D eigenvalue weighted by molar-refractivity contribution is 0.143. The van der Waals surface area contributed by atoms with Crippen molar-refractivity contribution in [2.45, 2.75) is 33.6 Å². The minimum absolute atomic E-state index is 0.863. The van der Waals surface area contributed by atoms with Gasteiger partial charge >= 0.3 is 0 Å². The smallest absolute Gasteiger partial charge is 0.0593 e. The highest BCUT2D eigenvalue weighted by Crippen LogP contribution is 2.09. The van der Waals surface area contributed by atoms with Gasteiger partial charge in [0, 0.05) is 38.2 Å². The molecule has 0 bridgehead atoms. The van der Waals surface area contributed by atoms with Crippen LogP contribution in [0.4, 0.5) is 0 Å². The van der Waals surface area contributed by atoms with Gasteiger partial charge in [0.25, 0.3) is 0 Å². The summed E-state index contributed by atoms with van der Waals surface area (Å²) in [6.07, 6.45) is 8.58. The minimum Gasteiger partial charge on any atom is -0.380 e. The summed E-state index contributed by atoms with van der Waals surface area (Å²) in [5, 5.41) is 0. The first-order valence-electron chi connectivity index (χ1n) is 7.04. The van der Waals surface area contributed by atoms with E-state index in [0.29, 0.717) is 0 Å². The van der Waals surface area contributed by atoms with E-state index in [2.05, 4.69) is 22.0 Å². The molecule has 0 N–H and O–H groups in total. The molecular weight excluding hydrogens is 224 g/mol. The van der Waals surface area contributed by atoms with Crippen molar-refractivity contribution < 1.29 is 4.74 Å². The van der Waals surface area contributed by atoms with Crippen molar-refractivity contribution in [3.63, 3.8) is 0 Å². The van der Waals surface area contributed by atoms with Crippen LogP contribution in [0, 0.1) is 0 Å². The van der Waals surface area contributed by atoms with Gasteiger partial charge in [0.15, 0.2) is 0 Å². The van der Waals surface area contributed by atoms with E-state index in [-0.39, 0.29) is 0 Å². The molecule has 1 fully saturated rings. The summed E-state index contributed by atoms with van der Waals surface area (Å²) in [7, 11) is 0. The van der Waals surface area contributed by atoms with Gasteiger partial charge in [0.1, 0.15) is 0 Å². The van der Waals surface area contributed by atoms with Crippen molar-refractivity contribution in [3.05, 3.63) is 23.4 Å². The van der Waals surface area contributed by atoms with Crippen LogP contribution < -0.4 is 0 Å². The topological polar surface area (TPSA) is 24.8 Å². The lowest BCUT2D eigenvalue weighted by atomic mass is 10.2. The van der Waals surface area contributed by atoms with Gasteiger partial charge < -0.3 is 4.74 Å². The fourth-order valence-electron chi connectivity index (χ4n) is 1.99. The first-order valence-corrected chi connectivity index (χ1v) is 7.04. The van der Waals surface area contributed by atoms with E-state index in [1.807, 2.05) is 27.0 Å². The number of allylic oxidation sites excluding steroid dienone is 3. The zero-order chi connectivity index (χ0) is 13.2. The Balaban J connectivity index is 0.000000771. The fraction of sp³-hybridized carbons (Fsp3) is 0.667. The number of aliphatic imine (C=N–C) groups is 1. The molecule has 2 aliphatic heterocycles. The Bertz CT molecular complexity index is 310. The van der Waals surface area contributed by atoms with Crippen LogP contribution in [-0.2, 0) is 4.74 Å². The molecule has 3 nitrogen and oxygen atoms in total. The molecule has 18 heavy (non-hydrogen) atoms. The third-order valence-corrected chi connectivity index (χ3v) is 2.95. The van der Waals surface area contributed by atoms with Gasteiger partial charge in [-0.25, -0.2) is 0 Å². The summed E-state index contributed by atoms with van der Waals surface area (Å²) >= 11 is 0. The zero-order valence-electron chi connectivity index (χ0n) is 12.0. The molecule has 0 saturated carbocycles. The lowest BCUT2D eigenvalue weighted by Gasteiger charge is -2.19. The Morgan fingerprint density at radius 1 is 1.22 bits per heavy atom. The number of nitrogens with zero attached hydrogens (tertiary/aromatic N) is 2. The van der Waals surface area contributed by atoms with Gasteiger partial charge in [-0.1, -0.05) is 26.0 Å². The highest BCUT2D eigenvalue weighted by molar-refractivity contribution is 5.80. The molecule has 2 aliphatic rings. The summed E-state index contributed by atoms with van der Waals surface area (Å²) in [6.45, 7) is 11.0. The third-order valence-electron chi connectivity index (χ3n) is 2.95. The minimum atomic E-state index is 0.863. The van der Waals surface area contributed by atoms with Crippen LogP contribution in [0.25, 0.3) is 0 Å². The standard InChI is InChI=1S/C13H20N2O.C2H6/c1-12-4-2-5-13(10-14-12)11-15-6-3-8-16-9-7-15;1-2/h4-5,10H,2-3,6-9,11H2,1H3;1-2H3. The first-order chi connectivity index (χ1) is 8.84. The Labute approximate surface area is 111 Å². The molecular formula is C15H26N2O. The van der Waals surface area contributed by atoms with E-state index in [1.165, 1.54) is 5.57 Å². The van der Waals surface area contributed by atoms with Gasteiger partial charge in [0.2, 0.25) is 0 Å². The van der Waals surface area contributed by atoms with Gasteiger partial charge in [-0.3, -0.25) is 9.89 Å². The van der Waals surface area contributed by atoms with E-state index in [4.69, 9.17) is 4.74 Å². The van der Waals surface area contributed by atoms with Crippen LogP contribution in [0.2, 0.25) is 0 Å². The van der Waals surface area contributed by atoms with Crippen LogP contribution in [-0.4, -0.2) is 44.0 Å². The molecule has 3 heteroatoms. The van der Waals surface area contributed by atoms with Crippen molar-refractivity contribution in [1.29, 1.82) is 0 Å². The van der Waals surface area contributed by atoms with E-state index in [9.17, 15) is 0 Å². The molecule has 0 amide bonds. The Morgan fingerprint density at radius 3 is 2.89 bits per heavy atom.